The predicted molar refractivity (Wildman–Crippen MR) is 139 cm³/mol. The van der Waals surface area contributed by atoms with Gasteiger partial charge in [0.2, 0.25) is 5.95 Å². The number of rotatable bonds is 4. The highest BCUT2D eigenvalue weighted by Gasteiger charge is 2.31. The van der Waals surface area contributed by atoms with Gasteiger partial charge in [-0.2, -0.15) is 5.10 Å². The van der Waals surface area contributed by atoms with Crippen LogP contribution in [0.5, 0.6) is 5.75 Å². The van der Waals surface area contributed by atoms with Gasteiger partial charge < -0.3 is 14.6 Å². The molecule has 0 saturated heterocycles. The van der Waals surface area contributed by atoms with Crippen LogP contribution >= 0.6 is 11.6 Å². The summed E-state index contributed by atoms with van der Waals surface area (Å²) in [6.45, 7) is 5.30. The molecule has 0 radical (unpaired) electrons. The Morgan fingerprint density at radius 1 is 1.11 bits per heavy atom. The van der Waals surface area contributed by atoms with Crippen molar-refractivity contribution < 1.29 is 9.13 Å². The summed E-state index contributed by atoms with van der Waals surface area (Å²) >= 11 is 6.39. The largest absolute Gasteiger partial charge is 0.494 e. The highest BCUT2D eigenvalue weighted by molar-refractivity contribution is 6.35. The van der Waals surface area contributed by atoms with E-state index in [0.717, 1.165) is 33.8 Å². The molecule has 0 bridgehead atoms. The highest BCUT2D eigenvalue weighted by Crippen LogP contribution is 2.41. The van der Waals surface area contributed by atoms with Crippen LogP contribution in [0.2, 0.25) is 5.02 Å². The maximum absolute atomic E-state index is 15.8. The summed E-state index contributed by atoms with van der Waals surface area (Å²) in [4.78, 5) is 14.2. The first-order valence-corrected chi connectivity index (χ1v) is 12.1. The van der Waals surface area contributed by atoms with Crippen LogP contribution < -0.4 is 9.64 Å². The van der Waals surface area contributed by atoms with E-state index < -0.39 is 0 Å². The Kier molecular flexibility index (Phi) is 5.41. The first-order chi connectivity index (χ1) is 17.5. The third-order valence-corrected chi connectivity index (χ3v) is 7.10. The van der Waals surface area contributed by atoms with E-state index in [1.165, 1.54) is 6.07 Å². The molecule has 5 aromatic rings. The maximum Gasteiger partial charge on any atom is 0.225 e. The SMILES string of the molecule is COc1cnc(N2CCc3nn(-c4c(C)cccc4C)c(-c4c(F)cc(Cl)c5[nH]ccc45)c3C2)nc1. The molecule has 9 heteroatoms. The molecule has 0 spiro atoms. The first kappa shape index (κ1) is 22.5. The Morgan fingerprint density at radius 2 is 1.86 bits per heavy atom. The molecule has 1 N–H and O–H groups in total. The number of fused-ring (bicyclic) bond motifs is 2. The van der Waals surface area contributed by atoms with Crippen LogP contribution in [0.4, 0.5) is 10.3 Å². The fourth-order valence-corrected chi connectivity index (χ4v) is 5.33. The van der Waals surface area contributed by atoms with Crippen molar-refractivity contribution >= 4 is 28.5 Å². The molecule has 7 nitrogen and oxygen atoms in total. The number of methoxy groups -OCH3 is 1. The van der Waals surface area contributed by atoms with Crippen molar-refractivity contribution in [1.82, 2.24) is 24.7 Å². The van der Waals surface area contributed by atoms with Gasteiger partial charge in [-0.3, -0.25) is 0 Å². The van der Waals surface area contributed by atoms with Crippen molar-refractivity contribution in [3.05, 3.63) is 82.1 Å². The van der Waals surface area contributed by atoms with Gasteiger partial charge in [0.25, 0.3) is 0 Å². The molecule has 0 aliphatic carbocycles. The van der Waals surface area contributed by atoms with Crippen molar-refractivity contribution in [2.45, 2.75) is 26.8 Å². The average Bonchev–Trinajstić information content (AvgIpc) is 3.50. The van der Waals surface area contributed by atoms with Crippen molar-refractivity contribution in [3.63, 3.8) is 0 Å². The molecule has 0 fully saturated rings. The molecule has 1 aliphatic rings. The number of aryl methyl sites for hydroxylation is 2. The second kappa shape index (κ2) is 8.64. The highest BCUT2D eigenvalue weighted by atomic mass is 35.5. The number of benzene rings is 2. The van der Waals surface area contributed by atoms with Gasteiger partial charge in [-0.05, 0) is 37.1 Å². The lowest BCUT2D eigenvalue weighted by atomic mass is 9.97. The van der Waals surface area contributed by atoms with Gasteiger partial charge in [0.15, 0.2) is 5.75 Å². The van der Waals surface area contributed by atoms with E-state index in [1.807, 2.05) is 42.8 Å². The van der Waals surface area contributed by atoms with Gasteiger partial charge in [-0.25, -0.2) is 19.0 Å². The smallest absolute Gasteiger partial charge is 0.225 e. The number of hydrogen-bond donors (Lipinski definition) is 1. The van der Waals surface area contributed by atoms with Crippen molar-refractivity contribution in [2.75, 3.05) is 18.6 Å². The minimum Gasteiger partial charge on any atom is -0.494 e. The summed E-state index contributed by atoms with van der Waals surface area (Å²) < 4.78 is 22.9. The first-order valence-electron chi connectivity index (χ1n) is 11.7. The second-order valence-corrected chi connectivity index (χ2v) is 9.41. The second-order valence-electron chi connectivity index (χ2n) is 9.00. The molecule has 36 heavy (non-hydrogen) atoms. The normalized spacial score (nSPS) is 13.3. The number of H-pyrrole nitrogens is 1. The monoisotopic (exact) mass is 502 g/mol. The molecule has 3 aromatic heterocycles. The van der Waals surface area contributed by atoms with E-state index in [4.69, 9.17) is 21.4 Å². The lowest BCUT2D eigenvalue weighted by Gasteiger charge is -2.27. The van der Waals surface area contributed by atoms with Crippen LogP contribution in [0.25, 0.3) is 27.8 Å². The number of nitrogens with zero attached hydrogens (tertiary/aromatic N) is 5. The minimum atomic E-state index is -0.389. The Balaban J connectivity index is 1.60. The topological polar surface area (TPSA) is 71.9 Å². The van der Waals surface area contributed by atoms with E-state index >= 15 is 4.39 Å². The molecular weight excluding hydrogens is 479 g/mol. The lowest BCUT2D eigenvalue weighted by Crippen LogP contribution is -2.31. The number of para-hydroxylation sites is 1. The van der Waals surface area contributed by atoms with Gasteiger partial charge in [-0.15, -0.1) is 0 Å². The summed E-state index contributed by atoms with van der Waals surface area (Å²) in [5.41, 5.74) is 6.86. The van der Waals surface area contributed by atoms with E-state index in [0.29, 0.717) is 52.7 Å². The number of anilines is 1. The Bertz CT molecular complexity index is 1590. The quantitative estimate of drug-likeness (QED) is 0.337. The zero-order valence-corrected chi connectivity index (χ0v) is 20.9. The maximum atomic E-state index is 15.8. The average molecular weight is 503 g/mol. The Labute approximate surface area is 212 Å². The van der Waals surface area contributed by atoms with Crippen LogP contribution in [0.15, 0.2) is 48.9 Å². The number of aromatic amines is 1. The third kappa shape index (κ3) is 3.52. The van der Waals surface area contributed by atoms with Crippen molar-refractivity contribution in [2.24, 2.45) is 0 Å². The van der Waals surface area contributed by atoms with Crippen LogP contribution in [-0.4, -0.2) is 38.4 Å². The summed E-state index contributed by atoms with van der Waals surface area (Å²) in [7, 11) is 1.59. The fraction of sp³-hybridized carbons (Fsp3) is 0.222. The van der Waals surface area contributed by atoms with E-state index in [9.17, 15) is 0 Å². The van der Waals surface area contributed by atoms with E-state index in [1.54, 1.807) is 25.7 Å². The number of hydrogen-bond acceptors (Lipinski definition) is 5. The minimum absolute atomic E-state index is 0.344. The zero-order chi connectivity index (χ0) is 25.0. The third-order valence-electron chi connectivity index (χ3n) is 6.80. The number of aromatic nitrogens is 5. The molecule has 0 amide bonds. The molecule has 2 aromatic carbocycles. The number of ether oxygens (including phenoxy) is 1. The summed E-state index contributed by atoms with van der Waals surface area (Å²) in [6, 6.07) is 9.36. The van der Waals surface area contributed by atoms with Crippen molar-refractivity contribution in [3.8, 4) is 22.7 Å². The molecular formula is C27H24ClFN6O. The van der Waals surface area contributed by atoms with Gasteiger partial charge in [0.05, 0.1) is 47.1 Å². The summed E-state index contributed by atoms with van der Waals surface area (Å²) in [5, 5.41) is 6.11. The predicted octanol–water partition coefficient (Wildman–Crippen LogP) is 5.79. The summed E-state index contributed by atoms with van der Waals surface area (Å²) in [5.74, 6) is 0.800. The van der Waals surface area contributed by atoms with E-state index in [2.05, 4.69) is 19.9 Å². The van der Waals surface area contributed by atoms with Crippen molar-refractivity contribution in [1.29, 1.82) is 0 Å². The zero-order valence-electron chi connectivity index (χ0n) is 20.1. The van der Waals surface area contributed by atoms with Gasteiger partial charge >= 0.3 is 0 Å². The molecule has 1 aliphatic heterocycles. The van der Waals surface area contributed by atoms with Gasteiger partial charge in [0, 0.05) is 42.2 Å². The van der Waals surface area contributed by atoms with Crippen LogP contribution in [0.3, 0.4) is 0 Å². The lowest BCUT2D eigenvalue weighted by molar-refractivity contribution is 0.410. The van der Waals surface area contributed by atoms with E-state index in [-0.39, 0.29) is 5.82 Å². The van der Waals surface area contributed by atoms with Gasteiger partial charge in [0.1, 0.15) is 5.82 Å². The summed E-state index contributed by atoms with van der Waals surface area (Å²) in [6.07, 6.45) is 5.77. The molecule has 6 rings (SSSR count). The molecule has 4 heterocycles. The van der Waals surface area contributed by atoms with Crippen LogP contribution in [0, 0.1) is 19.7 Å². The number of nitrogens with one attached hydrogen (secondary N) is 1. The molecule has 182 valence electrons. The standard InChI is InChI=1S/C27H24ClFN6O/c1-15-5-4-6-16(2)25(15)35-26(23-18-7-9-30-24(18)20(28)11-21(23)29)19-14-34(10-8-22(19)33-35)27-31-12-17(36-3)13-32-27/h4-7,9,11-13,30H,8,10,14H2,1-3H3. The molecule has 0 unspecified atom stereocenters. The Hall–Kier alpha value is -3.91. The fourth-order valence-electron chi connectivity index (χ4n) is 5.08. The van der Waals surface area contributed by atoms with Gasteiger partial charge in [-0.1, -0.05) is 29.8 Å². The molecule has 0 saturated carbocycles. The van der Waals surface area contributed by atoms with Crippen LogP contribution in [0.1, 0.15) is 22.4 Å². The molecule has 0 atom stereocenters. The van der Waals surface area contributed by atoms with Crippen LogP contribution in [-0.2, 0) is 13.0 Å². The Morgan fingerprint density at radius 3 is 2.58 bits per heavy atom. The number of halogens is 2.